The minimum atomic E-state index is -0.205. The van der Waals surface area contributed by atoms with Crippen LogP contribution in [0.4, 0.5) is 11.4 Å². The van der Waals surface area contributed by atoms with E-state index in [9.17, 15) is 4.79 Å². The maximum atomic E-state index is 12.5. The number of pyridine rings is 2. The molecule has 2 heterocycles. The van der Waals surface area contributed by atoms with E-state index in [0.29, 0.717) is 22.5 Å². The summed E-state index contributed by atoms with van der Waals surface area (Å²) in [6, 6.07) is 10.7. The summed E-state index contributed by atoms with van der Waals surface area (Å²) in [5, 5.41) is 3.56. The lowest BCUT2D eigenvalue weighted by atomic mass is 10.1. The van der Waals surface area contributed by atoms with E-state index in [1.54, 1.807) is 36.7 Å². The van der Waals surface area contributed by atoms with E-state index in [2.05, 4.69) is 15.3 Å². The Kier molecular flexibility index (Phi) is 3.23. The van der Waals surface area contributed by atoms with Gasteiger partial charge < -0.3 is 11.1 Å². The molecule has 0 atom stereocenters. The maximum Gasteiger partial charge on any atom is 0.256 e. The number of rotatable bonds is 2. The number of nitrogens with one attached hydrogen (secondary N) is 1. The standard InChI is InChI=1S/C16H14N4O/c1-10-8-13(12-5-2-6-14(17)15(12)19-10)16(21)20-11-4-3-7-18-9-11/h2-9H,17H2,1H3,(H,20,21). The van der Waals surface area contributed by atoms with E-state index in [-0.39, 0.29) is 5.91 Å². The molecule has 0 aliphatic rings. The summed E-state index contributed by atoms with van der Waals surface area (Å²) < 4.78 is 0. The van der Waals surface area contributed by atoms with Gasteiger partial charge in [0, 0.05) is 17.3 Å². The first-order chi connectivity index (χ1) is 10.1. The second-order valence-electron chi connectivity index (χ2n) is 4.75. The van der Waals surface area contributed by atoms with Crippen molar-refractivity contribution in [2.45, 2.75) is 6.92 Å². The van der Waals surface area contributed by atoms with Gasteiger partial charge in [0.05, 0.1) is 28.7 Å². The molecule has 0 spiro atoms. The number of nitrogens with two attached hydrogens (primary N) is 1. The second kappa shape index (κ2) is 5.20. The van der Waals surface area contributed by atoms with Crippen LogP contribution in [0.25, 0.3) is 10.9 Å². The van der Waals surface area contributed by atoms with Gasteiger partial charge in [-0.15, -0.1) is 0 Å². The van der Waals surface area contributed by atoms with E-state index in [1.165, 1.54) is 0 Å². The summed E-state index contributed by atoms with van der Waals surface area (Å²) in [6.07, 6.45) is 3.25. The molecular formula is C16H14N4O. The molecule has 1 aromatic carbocycles. The van der Waals surface area contributed by atoms with E-state index >= 15 is 0 Å². The van der Waals surface area contributed by atoms with E-state index in [1.807, 2.05) is 19.1 Å². The molecule has 2 aromatic heterocycles. The fourth-order valence-corrected chi connectivity index (χ4v) is 2.22. The average Bonchev–Trinajstić information content (AvgIpc) is 2.48. The fraction of sp³-hybridized carbons (Fsp3) is 0.0625. The minimum absolute atomic E-state index is 0.205. The van der Waals surface area contributed by atoms with Gasteiger partial charge in [0.1, 0.15) is 0 Å². The number of hydrogen-bond acceptors (Lipinski definition) is 4. The van der Waals surface area contributed by atoms with Crippen molar-refractivity contribution in [1.29, 1.82) is 0 Å². The molecule has 1 amide bonds. The first-order valence-electron chi connectivity index (χ1n) is 6.52. The molecule has 0 aliphatic carbocycles. The Hall–Kier alpha value is -2.95. The number of benzene rings is 1. The van der Waals surface area contributed by atoms with E-state index < -0.39 is 0 Å². The number of nitrogens with zero attached hydrogens (tertiary/aromatic N) is 2. The van der Waals surface area contributed by atoms with Crippen LogP contribution in [-0.4, -0.2) is 15.9 Å². The molecule has 5 heteroatoms. The minimum Gasteiger partial charge on any atom is -0.397 e. The van der Waals surface area contributed by atoms with Gasteiger partial charge in [0.15, 0.2) is 0 Å². The van der Waals surface area contributed by atoms with Crippen molar-refractivity contribution in [2.24, 2.45) is 0 Å². The van der Waals surface area contributed by atoms with Crippen LogP contribution in [0.5, 0.6) is 0 Å². The Morgan fingerprint density at radius 2 is 2.10 bits per heavy atom. The Morgan fingerprint density at radius 3 is 2.86 bits per heavy atom. The zero-order valence-corrected chi connectivity index (χ0v) is 11.5. The Balaban J connectivity index is 2.07. The van der Waals surface area contributed by atoms with Crippen molar-refractivity contribution in [3.05, 3.63) is 60.0 Å². The molecule has 5 nitrogen and oxygen atoms in total. The lowest BCUT2D eigenvalue weighted by molar-refractivity contribution is 0.102. The zero-order valence-electron chi connectivity index (χ0n) is 11.5. The zero-order chi connectivity index (χ0) is 14.8. The predicted molar refractivity (Wildman–Crippen MR) is 83.1 cm³/mol. The van der Waals surface area contributed by atoms with Crippen LogP contribution in [0.15, 0.2) is 48.8 Å². The Labute approximate surface area is 121 Å². The maximum absolute atomic E-state index is 12.5. The number of amides is 1. The molecule has 3 aromatic rings. The first-order valence-corrected chi connectivity index (χ1v) is 6.52. The third kappa shape index (κ3) is 2.53. The van der Waals surface area contributed by atoms with Crippen molar-refractivity contribution in [3.8, 4) is 0 Å². The fourth-order valence-electron chi connectivity index (χ4n) is 2.22. The van der Waals surface area contributed by atoms with Crippen LogP contribution in [-0.2, 0) is 0 Å². The molecule has 0 saturated heterocycles. The van der Waals surface area contributed by atoms with Crippen molar-refractivity contribution in [2.75, 3.05) is 11.1 Å². The largest absolute Gasteiger partial charge is 0.397 e. The molecular weight excluding hydrogens is 264 g/mol. The van der Waals surface area contributed by atoms with E-state index in [0.717, 1.165) is 11.1 Å². The van der Waals surface area contributed by atoms with Gasteiger partial charge in [-0.3, -0.25) is 14.8 Å². The van der Waals surface area contributed by atoms with Gasteiger partial charge in [-0.25, -0.2) is 0 Å². The van der Waals surface area contributed by atoms with Crippen molar-refractivity contribution >= 4 is 28.2 Å². The molecule has 21 heavy (non-hydrogen) atoms. The van der Waals surface area contributed by atoms with Gasteiger partial charge in [0.25, 0.3) is 5.91 Å². The third-order valence-corrected chi connectivity index (χ3v) is 3.16. The number of carbonyl (C=O) groups excluding carboxylic acids is 1. The smallest absolute Gasteiger partial charge is 0.256 e. The molecule has 0 saturated carbocycles. The number of nitrogen functional groups attached to an aromatic ring is 1. The second-order valence-corrected chi connectivity index (χ2v) is 4.75. The number of para-hydroxylation sites is 1. The molecule has 0 aliphatic heterocycles. The molecule has 0 unspecified atom stereocenters. The molecule has 3 rings (SSSR count). The van der Waals surface area contributed by atoms with Gasteiger partial charge in [0.2, 0.25) is 0 Å². The number of hydrogen-bond donors (Lipinski definition) is 2. The highest BCUT2D eigenvalue weighted by Crippen LogP contribution is 2.24. The van der Waals surface area contributed by atoms with Crippen molar-refractivity contribution < 1.29 is 4.79 Å². The first kappa shape index (κ1) is 13.1. The summed E-state index contributed by atoms with van der Waals surface area (Å²) in [4.78, 5) is 20.9. The molecule has 0 radical (unpaired) electrons. The van der Waals surface area contributed by atoms with Crippen LogP contribution in [0.2, 0.25) is 0 Å². The lowest BCUT2D eigenvalue weighted by Gasteiger charge is -2.10. The number of carbonyl (C=O) groups is 1. The molecule has 3 N–H and O–H groups in total. The summed E-state index contributed by atoms with van der Waals surface area (Å²) in [7, 11) is 0. The van der Waals surface area contributed by atoms with Crippen molar-refractivity contribution in [3.63, 3.8) is 0 Å². The summed E-state index contributed by atoms with van der Waals surface area (Å²) in [5.74, 6) is -0.205. The molecule has 104 valence electrons. The average molecular weight is 278 g/mol. The number of aryl methyl sites for hydroxylation is 1. The summed E-state index contributed by atoms with van der Waals surface area (Å²) in [6.45, 7) is 1.84. The Bertz CT molecular complexity index is 815. The quantitative estimate of drug-likeness (QED) is 0.706. The molecule has 0 fully saturated rings. The predicted octanol–water partition coefficient (Wildman–Crippen LogP) is 2.77. The van der Waals surface area contributed by atoms with Gasteiger partial charge in [-0.1, -0.05) is 12.1 Å². The van der Waals surface area contributed by atoms with Crippen LogP contribution >= 0.6 is 0 Å². The van der Waals surface area contributed by atoms with E-state index in [4.69, 9.17) is 5.73 Å². The highest BCUT2D eigenvalue weighted by atomic mass is 16.1. The molecule has 0 bridgehead atoms. The van der Waals surface area contributed by atoms with Crippen molar-refractivity contribution in [1.82, 2.24) is 9.97 Å². The number of fused-ring (bicyclic) bond motifs is 1. The lowest BCUT2D eigenvalue weighted by Crippen LogP contribution is -2.13. The monoisotopic (exact) mass is 278 g/mol. The van der Waals surface area contributed by atoms with Gasteiger partial charge >= 0.3 is 0 Å². The van der Waals surface area contributed by atoms with Crippen LogP contribution < -0.4 is 11.1 Å². The summed E-state index contributed by atoms with van der Waals surface area (Å²) in [5.41, 5.74) is 9.10. The van der Waals surface area contributed by atoms with Gasteiger partial charge in [-0.2, -0.15) is 0 Å². The van der Waals surface area contributed by atoms with Gasteiger partial charge in [-0.05, 0) is 31.2 Å². The van der Waals surface area contributed by atoms with Crippen LogP contribution in [0.1, 0.15) is 16.1 Å². The van der Waals surface area contributed by atoms with Crippen LogP contribution in [0.3, 0.4) is 0 Å². The topological polar surface area (TPSA) is 80.9 Å². The number of aromatic nitrogens is 2. The Morgan fingerprint density at radius 1 is 1.24 bits per heavy atom. The highest BCUT2D eigenvalue weighted by Gasteiger charge is 2.13. The SMILES string of the molecule is Cc1cc(C(=O)Nc2cccnc2)c2cccc(N)c2n1. The third-order valence-electron chi connectivity index (χ3n) is 3.16. The summed E-state index contributed by atoms with van der Waals surface area (Å²) >= 11 is 0. The number of anilines is 2. The highest BCUT2D eigenvalue weighted by molar-refractivity contribution is 6.13. The normalized spacial score (nSPS) is 10.5. The van der Waals surface area contributed by atoms with Crippen LogP contribution in [0, 0.1) is 6.92 Å².